The first-order valence-corrected chi connectivity index (χ1v) is 8.11. The van der Waals surface area contributed by atoms with Crippen molar-refractivity contribution in [3.05, 3.63) is 53.6 Å². The zero-order valence-electron chi connectivity index (χ0n) is 11.4. The molecule has 0 saturated heterocycles. The van der Waals surface area contributed by atoms with E-state index in [-0.39, 0.29) is 5.97 Å². The van der Waals surface area contributed by atoms with Gasteiger partial charge in [-0.15, -0.1) is 11.8 Å². The van der Waals surface area contributed by atoms with Crippen molar-refractivity contribution in [3.63, 3.8) is 0 Å². The second kappa shape index (κ2) is 5.30. The van der Waals surface area contributed by atoms with Crippen molar-refractivity contribution in [1.82, 2.24) is 4.98 Å². The Morgan fingerprint density at radius 1 is 1.14 bits per heavy atom. The van der Waals surface area contributed by atoms with E-state index in [0.717, 1.165) is 26.9 Å². The van der Waals surface area contributed by atoms with Crippen LogP contribution in [0.1, 0.15) is 0 Å². The quantitative estimate of drug-likeness (QED) is 0.614. The highest BCUT2D eigenvalue weighted by Gasteiger charge is 2.25. The van der Waals surface area contributed by atoms with Crippen LogP contribution in [-0.4, -0.2) is 16.7 Å². The lowest BCUT2D eigenvalue weighted by molar-refractivity contribution is -0.132. The van der Waals surface area contributed by atoms with Crippen LogP contribution < -0.4 is 4.74 Å². The molecule has 0 fully saturated rings. The fraction of sp³-hybridized carbons (Fsp3) is 0.0588. The van der Waals surface area contributed by atoms with Crippen molar-refractivity contribution in [3.8, 4) is 17.0 Å². The van der Waals surface area contributed by atoms with Gasteiger partial charge in [0.1, 0.15) is 0 Å². The van der Waals surface area contributed by atoms with Crippen molar-refractivity contribution in [1.29, 1.82) is 0 Å². The minimum absolute atomic E-state index is 0.266. The smallest absolute Gasteiger partial charge is 0.323 e. The van der Waals surface area contributed by atoms with E-state index in [1.165, 1.54) is 11.8 Å². The summed E-state index contributed by atoms with van der Waals surface area (Å²) in [5, 5.41) is 1.62. The molecule has 0 aliphatic carbocycles. The van der Waals surface area contributed by atoms with Crippen LogP contribution in [-0.2, 0) is 4.79 Å². The largest absolute Gasteiger partial charge is 0.406 e. The Balaban J connectivity index is 2.10. The average molecular weight is 328 g/mol. The third-order valence-corrected chi connectivity index (χ3v) is 4.76. The van der Waals surface area contributed by atoms with E-state index in [2.05, 4.69) is 4.98 Å². The molecule has 22 heavy (non-hydrogen) atoms. The molecule has 0 saturated carbocycles. The highest BCUT2D eigenvalue weighted by molar-refractivity contribution is 8.00. The molecule has 5 heteroatoms. The molecule has 1 aromatic heterocycles. The van der Waals surface area contributed by atoms with E-state index in [1.54, 1.807) is 6.07 Å². The number of nitrogens with zero attached hydrogens (tertiary/aromatic N) is 1. The van der Waals surface area contributed by atoms with E-state index < -0.39 is 0 Å². The number of benzene rings is 2. The molecule has 0 spiro atoms. The third kappa shape index (κ3) is 2.25. The van der Waals surface area contributed by atoms with Crippen molar-refractivity contribution in [2.45, 2.75) is 4.90 Å². The summed E-state index contributed by atoms with van der Waals surface area (Å²) in [4.78, 5) is 16.9. The summed E-state index contributed by atoms with van der Waals surface area (Å²) in [7, 11) is 0. The maximum absolute atomic E-state index is 11.6. The maximum Gasteiger partial charge on any atom is 0.323 e. The van der Waals surface area contributed by atoms with Crippen LogP contribution in [0.5, 0.6) is 5.88 Å². The first kappa shape index (κ1) is 13.6. The van der Waals surface area contributed by atoms with E-state index in [1.807, 2.05) is 42.5 Å². The minimum Gasteiger partial charge on any atom is -0.406 e. The Hall–Kier alpha value is -2.04. The SMILES string of the molecule is O=C1CSc2c(nc3ccc(Cl)cc3c2-c2ccccc2)O1. The lowest BCUT2D eigenvalue weighted by Gasteiger charge is -2.19. The fourth-order valence-electron chi connectivity index (χ4n) is 2.56. The summed E-state index contributed by atoms with van der Waals surface area (Å²) in [5.74, 6) is 0.410. The van der Waals surface area contributed by atoms with Crippen molar-refractivity contribution >= 4 is 40.2 Å². The molecule has 2 aromatic carbocycles. The fourth-order valence-corrected chi connectivity index (χ4v) is 3.63. The minimum atomic E-state index is -0.266. The van der Waals surface area contributed by atoms with Gasteiger partial charge in [0.25, 0.3) is 0 Å². The summed E-state index contributed by atoms with van der Waals surface area (Å²) < 4.78 is 5.33. The molecule has 2 heterocycles. The van der Waals surface area contributed by atoms with Crippen LogP contribution in [0, 0.1) is 0 Å². The van der Waals surface area contributed by atoms with Gasteiger partial charge in [0.2, 0.25) is 5.88 Å². The highest BCUT2D eigenvalue weighted by atomic mass is 35.5. The number of fused-ring (bicyclic) bond motifs is 2. The summed E-state index contributed by atoms with van der Waals surface area (Å²) >= 11 is 7.62. The number of carbonyl (C=O) groups excluding carboxylic acids is 1. The number of rotatable bonds is 1. The molecule has 108 valence electrons. The number of aromatic nitrogens is 1. The number of halogens is 1. The number of esters is 1. The molecule has 1 aliphatic rings. The van der Waals surface area contributed by atoms with Gasteiger partial charge in [-0.1, -0.05) is 41.9 Å². The molecule has 4 rings (SSSR count). The van der Waals surface area contributed by atoms with E-state index in [9.17, 15) is 4.79 Å². The number of carbonyl (C=O) groups is 1. The molecule has 0 N–H and O–H groups in total. The van der Waals surface area contributed by atoms with Gasteiger partial charge in [0, 0.05) is 16.0 Å². The van der Waals surface area contributed by atoms with Crippen molar-refractivity contribution in [2.24, 2.45) is 0 Å². The second-order valence-electron chi connectivity index (χ2n) is 4.91. The molecule has 0 bridgehead atoms. The lowest BCUT2D eigenvalue weighted by Crippen LogP contribution is -2.17. The summed E-state index contributed by atoms with van der Waals surface area (Å²) in [6.07, 6.45) is 0. The van der Waals surface area contributed by atoms with E-state index in [4.69, 9.17) is 16.3 Å². The van der Waals surface area contributed by atoms with Crippen molar-refractivity contribution < 1.29 is 9.53 Å². The first-order chi connectivity index (χ1) is 10.7. The van der Waals surface area contributed by atoms with Crippen LogP contribution in [0.3, 0.4) is 0 Å². The predicted octanol–water partition coefficient (Wildman–Crippen LogP) is 4.57. The zero-order chi connectivity index (χ0) is 15.1. The van der Waals surface area contributed by atoms with Gasteiger partial charge in [-0.25, -0.2) is 4.98 Å². The van der Waals surface area contributed by atoms with Gasteiger partial charge in [-0.05, 0) is 23.8 Å². The zero-order valence-corrected chi connectivity index (χ0v) is 12.9. The normalized spacial score (nSPS) is 13.8. The summed E-state index contributed by atoms with van der Waals surface area (Å²) in [6, 6.07) is 15.5. The number of ether oxygens (including phenoxy) is 1. The molecule has 0 amide bonds. The highest BCUT2D eigenvalue weighted by Crippen LogP contribution is 2.44. The summed E-state index contributed by atoms with van der Waals surface area (Å²) in [5.41, 5.74) is 2.83. The van der Waals surface area contributed by atoms with Gasteiger partial charge in [0.15, 0.2) is 0 Å². The number of thioether (sulfide) groups is 1. The van der Waals surface area contributed by atoms with E-state index >= 15 is 0 Å². The monoisotopic (exact) mass is 327 g/mol. The molecular formula is C17H10ClNO2S. The van der Waals surface area contributed by atoms with Crippen molar-refractivity contribution in [2.75, 3.05) is 5.75 Å². The predicted molar refractivity (Wildman–Crippen MR) is 88.5 cm³/mol. The summed E-state index contributed by atoms with van der Waals surface area (Å²) in [6.45, 7) is 0. The van der Waals surface area contributed by atoms with Gasteiger partial charge in [0.05, 0.1) is 16.2 Å². The van der Waals surface area contributed by atoms with Gasteiger partial charge in [-0.3, -0.25) is 4.79 Å². The Morgan fingerprint density at radius 3 is 2.77 bits per heavy atom. The first-order valence-electron chi connectivity index (χ1n) is 6.74. The van der Waals surface area contributed by atoms with Crippen LogP contribution in [0.4, 0.5) is 0 Å². The Kier molecular flexibility index (Phi) is 3.28. The molecule has 3 aromatic rings. The topological polar surface area (TPSA) is 39.2 Å². The number of pyridine rings is 1. The Bertz CT molecular complexity index is 896. The van der Waals surface area contributed by atoms with Crippen LogP contribution in [0.25, 0.3) is 22.0 Å². The van der Waals surface area contributed by atoms with Crippen LogP contribution in [0.2, 0.25) is 5.02 Å². The molecular weight excluding hydrogens is 318 g/mol. The maximum atomic E-state index is 11.6. The molecule has 0 atom stereocenters. The Labute approximate surface area is 136 Å². The molecule has 0 unspecified atom stereocenters. The van der Waals surface area contributed by atoms with E-state index in [0.29, 0.717) is 16.7 Å². The molecule has 0 radical (unpaired) electrons. The number of hydrogen-bond donors (Lipinski definition) is 0. The van der Waals surface area contributed by atoms with Gasteiger partial charge < -0.3 is 4.74 Å². The third-order valence-electron chi connectivity index (χ3n) is 3.48. The molecule has 1 aliphatic heterocycles. The second-order valence-corrected chi connectivity index (χ2v) is 6.33. The standard InChI is InChI=1S/C17H10ClNO2S/c18-11-6-7-13-12(8-11)15(10-4-2-1-3-5-10)16-17(19-13)21-14(20)9-22-16/h1-8H,9H2. The molecule has 3 nitrogen and oxygen atoms in total. The number of hydrogen-bond acceptors (Lipinski definition) is 4. The van der Waals surface area contributed by atoms with Crippen LogP contribution >= 0.6 is 23.4 Å². The van der Waals surface area contributed by atoms with Gasteiger partial charge >= 0.3 is 5.97 Å². The van der Waals surface area contributed by atoms with Crippen LogP contribution in [0.15, 0.2) is 53.4 Å². The Morgan fingerprint density at radius 2 is 1.95 bits per heavy atom. The average Bonchev–Trinajstić information content (AvgIpc) is 2.53. The lowest BCUT2D eigenvalue weighted by atomic mass is 10.0. The van der Waals surface area contributed by atoms with Gasteiger partial charge in [-0.2, -0.15) is 0 Å².